The summed E-state index contributed by atoms with van der Waals surface area (Å²) < 4.78 is 0. The summed E-state index contributed by atoms with van der Waals surface area (Å²) in [5, 5.41) is 4.50. The molecule has 88 valence electrons. The minimum atomic E-state index is 0.614. The number of benzene rings is 1. The Morgan fingerprint density at radius 1 is 1.38 bits per heavy atom. The van der Waals surface area contributed by atoms with Gasteiger partial charge in [-0.25, -0.2) is 0 Å². The predicted octanol–water partition coefficient (Wildman–Crippen LogP) is 4.64. The molecule has 1 fully saturated rings. The average molecular weight is 238 g/mol. The molecule has 2 rings (SSSR count). The Hall–Kier alpha value is -0.690. The van der Waals surface area contributed by atoms with Gasteiger partial charge in [-0.05, 0) is 37.3 Å². The van der Waals surface area contributed by atoms with Crippen molar-refractivity contribution in [3.8, 4) is 0 Å². The Balaban J connectivity index is 2.14. The van der Waals surface area contributed by atoms with Crippen LogP contribution in [0.4, 0.5) is 5.69 Å². The molecular weight excluding hydrogens is 218 g/mol. The quantitative estimate of drug-likeness (QED) is 0.808. The van der Waals surface area contributed by atoms with E-state index in [9.17, 15) is 0 Å². The van der Waals surface area contributed by atoms with Crippen LogP contribution in [0.5, 0.6) is 0 Å². The van der Waals surface area contributed by atoms with Crippen LogP contribution in [0.1, 0.15) is 38.2 Å². The number of hydrogen-bond acceptors (Lipinski definition) is 1. The maximum atomic E-state index is 6.24. The third-order valence-corrected chi connectivity index (χ3v) is 4.05. The van der Waals surface area contributed by atoms with Gasteiger partial charge in [-0.2, -0.15) is 0 Å². The summed E-state index contributed by atoms with van der Waals surface area (Å²) in [6.07, 6.45) is 5.25. The fraction of sp³-hybridized carbons (Fsp3) is 0.571. The van der Waals surface area contributed by atoms with Gasteiger partial charge in [-0.1, -0.05) is 43.5 Å². The molecule has 1 aliphatic rings. The highest BCUT2D eigenvalue weighted by molar-refractivity contribution is 6.33. The van der Waals surface area contributed by atoms with Crippen molar-refractivity contribution < 1.29 is 0 Å². The lowest BCUT2D eigenvalue weighted by atomic mass is 10.00. The van der Waals surface area contributed by atoms with Crippen molar-refractivity contribution in [3.05, 3.63) is 28.8 Å². The van der Waals surface area contributed by atoms with E-state index in [0.717, 1.165) is 16.6 Å². The number of anilines is 1. The van der Waals surface area contributed by atoms with Gasteiger partial charge in [0.05, 0.1) is 10.7 Å². The topological polar surface area (TPSA) is 12.0 Å². The van der Waals surface area contributed by atoms with Gasteiger partial charge in [0.2, 0.25) is 0 Å². The second-order valence-corrected chi connectivity index (χ2v) is 5.19. The second kappa shape index (κ2) is 5.09. The van der Waals surface area contributed by atoms with Crippen LogP contribution in [0, 0.1) is 12.8 Å². The van der Waals surface area contributed by atoms with Crippen molar-refractivity contribution in [2.24, 2.45) is 5.92 Å². The fourth-order valence-corrected chi connectivity index (χ4v) is 2.99. The van der Waals surface area contributed by atoms with Gasteiger partial charge >= 0.3 is 0 Å². The van der Waals surface area contributed by atoms with Crippen LogP contribution in [0.15, 0.2) is 18.2 Å². The number of rotatable bonds is 3. The third-order valence-electron chi connectivity index (χ3n) is 3.74. The summed E-state index contributed by atoms with van der Waals surface area (Å²) in [4.78, 5) is 0. The van der Waals surface area contributed by atoms with E-state index in [2.05, 4.69) is 25.2 Å². The van der Waals surface area contributed by atoms with Crippen LogP contribution in [-0.4, -0.2) is 6.04 Å². The molecule has 1 N–H and O–H groups in total. The molecule has 0 aliphatic heterocycles. The maximum absolute atomic E-state index is 6.24. The number of para-hydroxylation sites is 1. The summed E-state index contributed by atoms with van der Waals surface area (Å²) in [7, 11) is 0. The largest absolute Gasteiger partial charge is 0.381 e. The van der Waals surface area contributed by atoms with Crippen LogP contribution in [0.3, 0.4) is 0 Å². The summed E-state index contributed by atoms with van der Waals surface area (Å²) in [6, 6.07) is 6.70. The fourth-order valence-electron chi connectivity index (χ4n) is 2.72. The SMILES string of the molecule is CCC1CCCC1Nc1c(C)cccc1Cl. The first-order valence-electron chi connectivity index (χ1n) is 6.24. The molecule has 16 heavy (non-hydrogen) atoms. The van der Waals surface area contributed by atoms with Crippen LogP contribution in [0.2, 0.25) is 5.02 Å². The average Bonchev–Trinajstić information content (AvgIpc) is 2.71. The highest BCUT2D eigenvalue weighted by Crippen LogP contribution is 2.34. The monoisotopic (exact) mass is 237 g/mol. The van der Waals surface area contributed by atoms with Crippen molar-refractivity contribution in [2.75, 3.05) is 5.32 Å². The first-order valence-corrected chi connectivity index (χ1v) is 6.61. The normalized spacial score (nSPS) is 24.7. The Morgan fingerprint density at radius 3 is 2.88 bits per heavy atom. The van der Waals surface area contributed by atoms with E-state index >= 15 is 0 Å². The standard InChI is InChI=1S/C14H20ClN/c1-3-11-7-5-9-13(11)16-14-10(2)6-4-8-12(14)15/h4,6,8,11,13,16H,3,5,7,9H2,1-2H3. The summed E-state index contributed by atoms with van der Waals surface area (Å²) >= 11 is 6.24. The Labute approximate surface area is 103 Å². The number of hydrogen-bond donors (Lipinski definition) is 1. The lowest BCUT2D eigenvalue weighted by Crippen LogP contribution is -2.24. The number of halogens is 1. The highest BCUT2D eigenvalue weighted by atomic mass is 35.5. The molecule has 0 radical (unpaired) electrons. The van der Waals surface area contributed by atoms with E-state index in [1.165, 1.54) is 31.2 Å². The van der Waals surface area contributed by atoms with Gasteiger partial charge in [-0.3, -0.25) is 0 Å². The molecule has 0 heterocycles. The summed E-state index contributed by atoms with van der Waals surface area (Å²) in [5.41, 5.74) is 2.38. The zero-order valence-corrected chi connectivity index (χ0v) is 10.8. The molecule has 1 saturated carbocycles. The van der Waals surface area contributed by atoms with Crippen LogP contribution in [-0.2, 0) is 0 Å². The second-order valence-electron chi connectivity index (χ2n) is 4.78. The van der Waals surface area contributed by atoms with Crippen molar-refractivity contribution >= 4 is 17.3 Å². The van der Waals surface area contributed by atoms with Crippen molar-refractivity contribution in [1.29, 1.82) is 0 Å². The first kappa shape index (κ1) is 11.8. The van der Waals surface area contributed by atoms with Gasteiger partial charge < -0.3 is 5.32 Å². The molecule has 0 saturated heterocycles. The van der Waals surface area contributed by atoms with E-state index in [1.807, 2.05) is 12.1 Å². The van der Waals surface area contributed by atoms with E-state index in [1.54, 1.807) is 0 Å². The van der Waals surface area contributed by atoms with E-state index in [4.69, 9.17) is 11.6 Å². The number of aryl methyl sites for hydroxylation is 1. The van der Waals surface area contributed by atoms with Gasteiger partial charge in [-0.15, -0.1) is 0 Å². The van der Waals surface area contributed by atoms with Gasteiger partial charge in [0, 0.05) is 6.04 Å². The lowest BCUT2D eigenvalue weighted by Gasteiger charge is -2.22. The van der Waals surface area contributed by atoms with Crippen molar-refractivity contribution in [1.82, 2.24) is 0 Å². The molecular formula is C14H20ClN. The van der Waals surface area contributed by atoms with Gasteiger partial charge in [0.15, 0.2) is 0 Å². The predicted molar refractivity (Wildman–Crippen MR) is 71.2 cm³/mol. The molecule has 0 aromatic heterocycles. The zero-order chi connectivity index (χ0) is 11.5. The highest BCUT2D eigenvalue weighted by Gasteiger charge is 2.26. The van der Waals surface area contributed by atoms with E-state index < -0.39 is 0 Å². The molecule has 2 heteroatoms. The molecule has 2 unspecified atom stereocenters. The summed E-state index contributed by atoms with van der Waals surface area (Å²) in [6.45, 7) is 4.40. The maximum Gasteiger partial charge on any atom is 0.0640 e. The molecule has 1 aromatic rings. The van der Waals surface area contributed by atoms with Crippen molar-refractivity contribution in [2.45, 2.75) is 45.6 Å². The Bertz CT molecular complexity index is 342. The summed E-state index contributed by atoms with van der Waals surface area (Å²) in [5.74, 6) is 0.815. The molecule has 0 bridgehead atoms. The molecule has 0 spiro atoms. The van der Waals surface area contributed by atoms with E-state index in [0.29, 0.717) is 6.04 Å². The molecule has 1 aromatic carbocycles. The minimum Gasteiger partial charge on any atom is -0.381 e. The van der Waals surface area contributed by atoms with E-state index in [-0.39, 0.29) is 0 Å². The first-order chi connectivity index (χ1) is 7.72. The Morgan fingerprint density at radius 2 is 2.19 bits per heavy atom. The number of nitrogens with one attached hydrogen (secondary N) is 1. The Kier molecular flexibility index (Phi) is 3.75. The molecule has 1 aliphatic carbocycles. The van der Waals surface area contributed by atoms with Crippen LogP contribution in [0.25, 0.3) is 0 Å². The van der Waals surface area contributed by atoms with Gasteiger partial charge in [0.25, 0.3) is 0 Å². The van der Waals surface area contributed by atoms with Gasteiger partial charge in [0.1, 0.15) is 0 Å². The lowest BCUT2D eigenvalue weighted by molar-refractivity contribution is 0.489. The third kappa shape index (κ3) is 2.35. The molecule has 2 atom stereocenters. The van der Waals surface area contributed by atoms with Crippen LogP contribution >= 0.6 is 11.6 Å². The smallest absolute Gasteiger partial charge is 0.0640 e. The van der Waals surface area contributed by atoms with Crippen LogP contribution < -0.4 is 5.32 Å². The molecule has 1 nitrogen and oxygen atoms in total. The molecule has 0 amide bonds. The van der Waals surface area contributed by atoms with Crippen molar-refractivity contribution in [3.63, 3.8) is 0 Å². The minimum absolute atomic E-state index is 0.614. The zero-order valence-electron chi connectivity index (χ0n) is 10.1.